The molecule has 4 N–H and O–H groups in total. The molecule has 196 valence electrons. The number of carbonyl (C=O) groups excluding carboxylic acids is 1. The molecule has 33 heavy (non-hydrogen) atoms. The van der Waals surface area contributed by atoms with Crippen molar-refractivity contribution in [1.82, 2.24) is 0 Å². The standard InChI is InChI=1S/C22H42O11/c1-2-3-4-5-6-7-18(24)31-14-12-29-10-8-28-9-11-30-13-15-32-22-21(27)20(26)19(25)17(16-23)33-22/h17,19-23,25-27H,2-16H2,1H3/t17-,19-,20+,21-,22-/m1/s1. The number of esters is 1. The van der Waals surface area contributed by atoms with Crippen LogP contribution in [0.25, 0.3) is 0 Å². The number of unbranched alkanes of at least 4 members (excludes halogenated alkanes) is 4. The highest BCUT2D eigenvalue weighted by molar-refractivity contribution is 5.69. The van der Waals surface area contributed by atoms with E-state index in [1.165, 1.54) is 12.8 Å². The third-order valence-corrected chi connectivity index (χ3v) is 5.08. The topological polar surface area (TPSA) is 153 Å². The van der Waals surface area contributed by atoms with Crippen LogP contribution in [0.4, 0.5) is 0 Å². The van der Waals surface area contributed by atoms with Crippen molar-refractivity contribution in [2.24, 2.45) is 0 Å². The van der Waals surface area contributed by atoms with Gasteiger partial charge in [0.2, 0.25) is 0 Å². The zero-order valence-electron chi connectivity index (χ0n) is 19.6. The molecule has 5 atom stereocenters. The second-order valence-electron chi connectivity index (χ2n) is 7.79. The fourth-order valence-electron chi connectivity index (χ4n) is 3.13. The van der Waals surface area contributed by atoms with E-state index in [4.69, 9.17) is 33.5 Å². The number of ether oxygens (including phenoxy) is 6. The van der Waals surface area contributed by atoms with E-state index in [1.54, 1.807) is 0 Å². The number of aliphatic hydroxyl groups is 4. The van der Waals surface area contributed by atoms with Gasteiger partial charge in [-0.25, -0.2) is 0 Å². The maximum Gasteiger partial charge on any atom is 0.305 e. The summed E-state index contributed by atoms with van der Waals surface area (Å²) in [4.78, 5) is 11.5. The van der Waals surface area contributed by atoms with Gasteiger partial charge in [0.15, 0.2) is 6.29 Å². The molecule has 0 unspecified atom stereocenters. The number of carbonyl (C=O) groups is 1. The van der Waals surface area contributed by atoms with Crippen molar-refractivity contribution in [3.8, 4) is 0 Å². The Morgan fingerprint density at radius 1 is 0.758 bits per heavy atom. The summed E-state index contributed by atoms with van der Waals surface area (Å²) in [7, 11) is 0. The molecule has 11 nitrogen and oxygen atoms in total. The van der Waals surface area contributed by atoms with E-state index in [-0.39, 0.29) is 25.8 Å². The molecule has 11 heteroatoms. The molecule has 0 radical (unpaired) electrons. The molecule has 1 rings (SSSR count). The van der Waals surface area contributed by atoms with Crippen molar-refractivity contribution in [3.05, 3.63) is 0 Å². The monoisotopic (exact) mass is 482 g/mol. The maximum atomic E-state index is 11.5. The number of rotatable bonds is 20. The van der Waals surface area contributed by atoms with Crippen LogP contribution in [0.1, 0.15) is 45.4 Å². The van der Waals surface area contributed by atoms with E-state index in [0.29, 0.717) is 39.5 Å². The smallest absolute Gasteiger partial charge is 0.305 e. The molecular weight excluding hydrogens is 440 g/mol. The molecule has 0 aliphatic carbocycles. The molecule has 0 saturated carbocycles. The number of hydrogen-bond donors (Lipinski definition) is 4. The highest BCUT2D eigenvalue weighted by Crippen LogP contribution is 2.21. The van der Waals surface area contributed by atoms with Gasteiger partial charge < -0.3 is 48.8 Å². The Balaban J connectivity index is 1.87. The summed E-state index contributed by atoms with van der Waals surface area (Å²) in [5.74, 6) is -0.181. The second kappa shape index (κ2) is 19.4. The summed E-state index contributed by atoms with van der Waals surface area (Å²) >= 11 is 0. The Labute approximate surface area is 195 Å². The molecule has 1 heterocycles. The average molecular weight is 483 g/mol. The van der Waals surface area contributed by atoms with Crippen LogP contribution in [0.5, 0.6) is 0 Å². The Hall–Kier alpha value is -0.890. The van der Waals surface area contributed by atoms with Crippen molar-refractivity contribution < 1.29 is 53.6 Å². The lowest BCUT2D eigenvalue weighted by molar-refractivity contribution is -0.302. The highest BCUT2D eigenvalue weighted by Gasteiger charge is 2.43. The quantitative estimate of drug-likeness (QED) is 0.134. The van der Waals surface area contributed by atoms with Crippen LogP contribution in [0, 0.1) is 0 Å². The summed E-state index contributed by atoms with van der Waals surface area (Å²) < 4.78 is 31.7. The number of aliphatic hydroxyl groups excluding tert-OH is 4. The molecule has 1 aliphatic heterocycles. The summed E-state index contributed by atoms with van der Waals surface area (Å²) in [6.45, 7) is 3.97. The molecule has 0 aromatic rings. The lowest BCUT2D eigenvalue weighted by Gasteiger charge is -2.39. The summed E-state index contributed by atoms with van der Waals surface area (Å²) in [5, 5.41) is 38.4. The Bertz CT molecular complexity index is 477. The van der Waals surface area contributed by atoms with E-state index < -0.39 is 37.3 Å². The van der Waals surface area contributed by atoms with Crippen LogP contribution in [-0.2, 0) is 33.2 Å². The summed E-state index contributed by atoms with van der Waals surface area (Å²) in [6, 6.07) is 0. The molecule has 0 amide bonds. The van der Waals surface area contributed by atoms with Crippen LogP contribution in [0.15, 0.2) is 0 Å². The molecule has 0 aromatic carbocycles. The van der Waals surface area contributed by atoms with Crippen molar-refractivity contribution in [2.45, 2.75) is 76.2 Å². The minimum atomic E-state index is -1.47. The van der Waals surface area contributed by atoms with E-state index in [9.17, 15) is 20.1 Å². The van der Waals surface area contributed by atoms with Gasteiger partial charge in [-0.1, -0.05) is 32.6 Å². The van der Waals surface area contributed by atoms with Gasteiger partial charge in [0.05, 0.1) is 52.9 Å². The molecule has 1 fully saturated rings. The minimum absolute atomic E-state index is 0.0866. The maximum absolute atomic E-state index is 11.5. The van der Waals surface area contributed by atoms with E-state index >= 15 is 0 Å². The van der Waals surface area contributed by atoms with Crippen molar-refractivity contribution in [1.29, 1.82) is 0 Å². The Kier molecular flexibility index (Phi) is 17.7. The van der Waals surface area contributed by atoms with Gasteiger partial charge in [-0.2, -0.15) is 0 Å². The van der Waals surface area contributed by atoms with Gasteiger partial charge in [-0.3, -0.25) is 4.79 Å². The first-order chi connectivity index (χ1) is 16.0. The van der Waals surface area contributed by atoms with Crippen molar-refractivity contribution in [2.75, 3.05) is 59.5 Å². The predicted octanol–water partition coefficient (Wildman–Crippen LogP) is -0.244. The van der Waals surface area contributed by atoms with Gasteiger partial charge in [0.1, 0.15) is 31.0 Å². The first-order valence-corrected chi connectivity index (χ1v) is 11.8. The highest BCUT2D eigenvalue weighted by atomic mass is 16.7. The lowest BCUT2D eigenvalue weighted by Crippen LogP contribution is -2.59. The van der Waals surface area contributed by atoms with Crippen LogP contribution < -0.4 is 0 Å². The third kappa shape index (κ3) is 13.5. The first-order valence-electron chi connectivity index (χ1n) is 11.8. The number of hydrogen-bond acceptors (Lipinski definition) is 11. The van der Waals surface area contributed by atoms with Crippen molar-refractivity contribution in [3.63, 3.8) is 0 Å². The molecule has 1 aliphatic rings. The molecule has 0 aromatic heterocycles. The average Bonchev–Trinajstić information content (AvgIpc) is 2.81. The molecule has 1 saturated heterocycles. The van der Waals surface area contributed by atoms with Gasteiger partial charge >= 0.3 is 5.97 Å². The van der Waals surface area contributed by atoms with Crippen LogP contribution in [0.2, 0.25) is 0 Å². The van der Waals surface area contributed by atoms with E-state index in [2.05, 4.69) is 6.92 Å². The second-order valence-corrected chi connectivity index (χ2v) is 7.79. The SMILES string of the molecule is CCCCCCCC(=O)OCCOCCOCCOCCO[C@@H]1O[C@H](CO)[C@@H](O)[C@H](O)[C@H]1O. The van der Waals surface area contributed by atoms with Crippen LogP contribution >= 0.6 is 0 Å². The molecule has 0 spiro atoms. The van der Waals surface area contributed by atoms with E-state index in [0.717, 1.165) is 19.3 Å². The fraction of sp³-hybridized carbons (Fsp3) is 0.955. The van der Waals surface area contributed by atoms with Gasteiger partial charge in [0.25, 0.3) is 0 Å². The zero-order chi connectivity index (χ0) is 24.3. The van der Waals surface area contributed by atoms with Crippen LogP contribution in [0.3, 0.4) is 0 Å². The summed E-state index contributed by atoms with van der Waals surface area (Å²) in [6.07, 6.45) is -0.536. The third-order valence-electron chi connectivity index (χ3n) is 5.08. The largest absolute Gasteiger partial charge is 0.463 e. The summed E-state index contributed by atoms with van der Waals surface area (Å²) in [5.41, 5.74) is 0. The minimum Gasteiger partial charge on any atom is -0.463 e. The zero-order valence-corrected chi connectivity index (χ0v) is 19.6. The molecular formula is C22H42O11. The van der Waals surface area contributed by atoms with Gasteiger partial charge in [0, 0.05) is 6.42 Å². The fourth-order valence-corrected chi connectivity index (χ4v) is 3.13. The van der Waals surface area contributed by atoms with Gasteiger partial charge in [-0.05, 0) is 6.42 Å². The first kappa shape index (κ1) is 30.1. The van der Waals surface area contributed by atoms with Crippen molar-refractivity contribution >= 4 is 5.97 Å². The van der Waals surface area contributed by atoms with Gasteiger partial charge in [-0.15, -0.1) is 0 Å². The van der Waals surface area contributed by atoms with Crippen LogP contribution in [-0.4, -0.2) is 117 Å². The lowest BCUT2D eigenvalue weighted by atomic mass is 9.99. The van der Waals surface area contributed by atoms with E-state index in [1.807, 2.05) is 0 Å². The molecule has 0 bridgehead atoms. The predicted molar refractivity (Wildman–Crippen MR) is 117 cm³/mol. The normalized spacial score (nSPS) is 25.3. The Morgan fingerprint density at radius 3 is 1.94 bits per heavy atom. The Morgan fingerprint density at radius 2 is 1.33 bits per heavy atom.